The zero-order chi connectivity index (χ0) is 11.0. The van der Waals surface area contributed by atoms with Crippen LogP contribution in [0.25, 0.3) is 0 Å². The molecule has 1 heterocycles. The molecule has 0 radical (unpaired) electrons. The van der Waals surface area contributed by atoms with Crippen LogP contribution in [0.15, 0.2) is 0 Å². The van der Waals surface area contributed by atoms with Gasteiger partial charge in [0.1, 0.15) is 6.10 Å². The fraction of sp³-hybridized carbons (Fsp3) is 0.929. The van der Waals surface area contributed by atoms with Crippen LogP contribution in [0.4, 0.5) is 0 Å². The van der Waals surface area contributed by atoms with Crippen molar-refractivity contribution in [2.75, 3.05) is 0 Å². The summed E-state index contributed by atoms with van der Waals surface area (Å²) in [5.74, 6) is 1.69. The molecule has 2 nitrogen and oxygen atoms in total. The molecule has 5 atom stereocenters. The van der Waals surface area contributed by atoms with Crippen LogP contribution >= 0.6 is 0 Å². The van der Waals surface area contributed by atoms with Crippen LogP contribution in [0, 0.1) is 22.7 Å². The summed E-state index contributed by atoms with van der Waals surface area (Å²) in [5, 5.41) is 0. The smallest absolute Gasteiger partial charge is 0.306 e. The van der Waals surface area contributed by atoms with Crippen LogP contribution < -0.4 is 0 Å². The van der Waals surface area contributed by atoms with Gasteiger partial charge in [0.05, 0.1) is 6.42 Å². The molecule has 0 aromatic rings. The third kappa shape index (κ3) is 0.970. The molecule has 5 fully saturated rings. The van der Waals surface area contributed by atoms with Crippen LogP contribution in [0.5, 0.6) is 0 Å². The molecular weight excluding hydrogens is 200 g/mol. The zero-order valence-electron chi connectivity index (χ0n) is 10.00. The van der Waals surface area contributed by atoms with Crippen LogP contribution in [0.1, 0.15) is 51.9 Å². The second kappa shape index (κ2) is 2.65. The van der Waals surface area contributed by atoms with Gasteiger partial charge in [0.25, 0.3) is 0 Å². The summed E-state index contributed by atoms with van der Waals surface area (Å²) in [6.45, 7) is 2.34. The lowest BCUT2D eigenvalue weighted by atomic mass is 9.42. The van der Waals surface area contributed by atoms with E-state index < -0.39 is 0 Å². The second-order valence-electron chi connectivity index (χ2n) is 6.95. The minimum absolute atomic E-state index is 0.0875. The van der Waals surface area contributed by atoms with Gasteiger partial charge in [-0.25, -0.2) is 0 Å². The van der Waals surface area contributed by atoms with Gasteiger partial charge in [-0.15, -0.1) is 0 Å². The Morgan fingerprint density at radius 2 is 2.25 bits per heavy atom. The van der Waals surface area contributed by atoms with Gasteiger partial charge in [0.15, 0.2) is 0 Å². The molecule has 4 bridgehead atoms. The first-order chi connectivity index (χ1) is 7.65. The highest BCUT2D eigenvalue weighted by atomic mass is 16.6. The average Bonchev–Trinajstić information content (AvgIpc) is 2.53. The van der Waals surface area contributed by atoms with Crippen molar-refractivity contribution in [1.29, 1.82) is 0 Å². The van der Waals surface area contributed by atoms with E-state index in [1.54, 1.807) is 0 Å². The minimum atomic E-state index is 0.0875. The molecule has 0 N–H and O–H groups in total. The van der Waals surface area contributed by atoms with Gasteiger partial charge in [-0.3, -0.25) is 4.79 Å². The first-order valence-electron chi connectivity index (χ1n) is 6.84. The maximum absolute atomic E-state index is 11.6. The quantitative estimate of drug-likeness (QED) is 0.635. The lowest BCUT2D eigenvalue weighted by Crippen LogP contribution is -2.57. The number of hydrogen-bond acceptors (Lipinski definition) is 2. The van der Waals surface area contributed by atoms with E-state index in [4.69, 9.17) is 4.74 Å². The fourth-order valence-electron chi connectivity index (χ4n) is 5.83. The zero-order valence-corrected chi connectivity index (χ0v) is 10.00. The lowest BCUT2D eigenvalue weighted by molar-refractivity contribution is -0.175. The van der Waals surface area contributed by atoms with E-state index in [9.17, 15) is 4.79 Å². The molecule has 1 aliphatic heterocycles. The maximum Gasteiger partial charge on any atom is 0.306 e. The molecule has 4 unspecified atom stereocenters. The van der Waals surface area contributed by atoms with E-state index in [0.717, 1.165) is 12.3 Å². The van der Waals surface area contributed by atoms with Crippen molar-refractivity contribution >= 4 is 5.97 Å². The summed E-state index contributed by atoms with van der Waals surface area (Å²) in [7, 11) is 0. The monoisotopic (exact) mass is 220 g/mol. The van der Waals surface area contributed by atoms with Crippen LogP contribution in [0.2, 0.25) is 0 Å². The van der Waals surface area contributed by atoms with Crippen LogP contribution in [-0.2, 0) is 9.53 Å². The van der Waals surface area contributed by atoms with Gasteiger partial charge in [0, 0.05) is 5.41 Å². The van der Waals surface area contributed by atoms with Gasteiger partial charge >= 0.3 is 5.97 Å². The second-order valence-corrected chi connectivity index (χ2v) is 6.95. The Balaban J connectivity index is 1.79. The fourth-order valence-corrected chi connectivity index (χ4v) is 5.83. The molecule has 2 heteroatoms. The molecule has 0 aromatic heterocycles. The molecular formula is C14H20O2. The van der Waals surface area contributed by atoms with Crippen molar-refractivity contribution in [2.45, 2.75) is 58.0 Å². The van der Waals surface area contributed by atoms with Gasteiger partial charge in [0.2, 0.25) is 0 Å². The maximum atomic E-state index is 11.6. The first-order valence-corrected chi connectivity index (χ1v) is 6.84. The van der Waals surface area contributed by atoms with Crippen LogP contribution in [0.3, 0.4) is 0 Å². The highest BCUT2D eigenvalue weighted by Gasteiger charge is 2.66. The van der Waals surface area contributed by atoms with Crippen molar-refractivity contribution in [1.82, 2.24) is 0 Å². The average molecular weight is 220 g/mol. The van der Waals surface area contributed by atoms with Gasteiger partial charge in [-0.05, 0) is 49.4 Å². The summed E-state index contributed by atoms with van der Waals surface area (Å²) in [4.78, 5) is 11.6. The molecule has 4 aliphatic carbocycles. The normalized spacial score (nSPS) is 57.6. The largest absolute Gasteiger partial charge is 0.461 e. The van der Waals surface area contributed by atoms with Crippen molar-refractivity contribution < 1.29 is 9.53 Å². The van der Waals surface area contributed by atoms with Crippen molar-refractivity contribution in [3.05, 3.63) is 0 Å². The van der Waals surface area contributed by atoms with Gasteiger partial charge < -0.3 is 4.74 Å². The highest BCUT2D eigenvalue weighted by molar-refractivity contribution is 5.73. The van der Waals surface area contributed by atoms with Crippen molar-refractivity contribution in [3.8, 4) is 0 Å². The summed E-state index contributed by atoms with van der Waals surface area (Å²) >= 11 is 0. The Bertz CT molecular complexity index is 364. The number of ether oxygens (including phenoxy) is 1. The number of hydrogen-bond donors (Lipinski definition) is 0. The number of carbonyl (C=O) groups excluding carboxylic acids is 1. The molecule has 88 valence electrons. The molecule has 0 aromatic carbocycles. The van der Waals surface area contributed by atoms with Gasteiger partial charge in [-0.1, -0.05) is 13.3 Å². The minimum Gasteiger partial charge on any atom is -0.461 e. The van der Waals surface area contributed by atoms with Gasteiger partial charge in [-0.2, -0.15) is 0 Å². The van der Waals surface area contributed by atoms with Crippen molar-refractivity contribution in [2.24, 2.45) is 22.7 Å². The van der Waals surface area contributed by atoms with E-state index >= 15 is 0 Å². The van der Waals surface area contributed by atoms with E-state index in [0.29, 0.717) is 17.4 Å². The molecule has 16 heavy (non-hydrogen) atoms. The third-order valence-electron chi connectivity index (χ3n) is 6.01. The molecule has 1 spiro atoms. The predicted octanol–water partition coefficient (Wildman–Crippen LogP) is 2.91. The summed E-state index contributed by atoms with van der Waals surface area (Å²) < 4.78 is 5.64. The topological polar surface area (TPSA) is 26.3 Å². The van der Waals surface area contributed by atoms with Crippen molar-refractivity contribution in [3.63, 3.8) is 0 Å². The first kappa shape index (κ1) is 9.49. The Kier molecular flexibility index (Phi) is 1.57. The van der Waals surface area contributed by atoms with E-state index in [2.05, 4.69) is 6.92 Å². The molecule has 4 saturated carbocycles. The molecule has 1 saturated heterocycles. The van der Waals surface area contributed by atoms with E-state index in [-0.39, 0.29) is 11.4 Å². The van der Waals surface area contributed by atoms with Crippen LogP contribution in [-0.4, -0.2) is 12.1 Å². The summed E-state index contributed by atoms with van der Waals surface area (Å²) in [6, 6.07) is 0. The lowest BCUT2D eigenvalue weighted by Gasteiger charge is -2.62. The molecule has 5 rings (SSSR count). The summed E-state index contributed by atoms with van der Waals surface area (Å²) in [6.07, 6.45) is 9.00. The predicted molar refractivity (Wildman–Crippen MR) is 59.7 cm³/mol. The molecule has 0 amide bonds. The number of rotatable bonds is 1. The Morgan fingerprint density at radius 3 is 3.06 bits per heavy atom. The Labute approximate surface area is 96.7 Å². The van der Waals surface area contributed by atoms with E-state index in [1.807, 2.05) is 0 Å². The summed E-state index contributed by atoms with van der Waals surface area (Å²) in [5.41, 5.74) is 0.855. The Hall–Kier alpha value is -0.530. The third-order valence-corrected chi connectivity index (χ3v) is 6.01. The highest BCUT2D eigenvalue weighted by Crippen LogP contribution is 2.69. The van der Waals surface area contributed by atoms with E-state index in [1.165, 1.54) is 38.5 Å². The molecule has 5 aliphatic rings. The number of carbonyl (C=O) groups is 1. The Morgan fingerprint density at radius 1 is 1.38 bits per heavy atom. The standard InChI is InChI=1S/C14H20O2/c1-2-13-4-9-3-10(6-13)12-14(5-9,8-13)7-11(15)16-12/h9-10,12H,2-8H2,1H3/t9?,10?,12-,13?,14?/m1/s1. The number of esters is 1. The SMILES string of the molecule is CCC12CC3CC(C1)[C@H]1OC(=O)CC1(C3)C2.